The summed E-state index contributed by atoms with van der Waals surface area (Å²) in [6.45, 7) is 1.89. The number of ether oxygens (including phenoxy) is 1. The van der Waals surface area contributed by atoms with Gasteiger partial charge < -0.3 is 15.4 Å². The van der Waals surface area contributed by atoms with E-state index in [9.17, 15) is 14.9 Å². The average Bonchev–Trinajstić information content (AvgIpc) is 2.66. The summed E-state index contributed by atoms with van der Waals surface area (Å²) in [5.41, 5.74) is 2.50. The second-order valence-corrected chi connectivity index (χ2v) is 6.39. The predicted molar refractivity (Wildman–Crippen MR) is 104 cm³/mol. The van der Waals surface area contributed by atoms with Gasteiger partial charge in [0.25, 0.3) is 5.69 Å². The molecule has 2 N–H and O–H groups in total. The van der Waals surface area contributed by atoms with Gasteiger partial charge in [0, 0.05) is 17.8 Å². The number of carbonyl (C=O) groups excluding carboxylic acids is 1. The third-order valence-corrected chi connectivity index (χ3v) is 4.36. The molecule has 1 aliphatic rings. The number of non-ortho nitro benzene ring substituents is 1. The predicted octanol–water partition coefficient (Wildman–Crippen LogP) is 3.13. The molecule has 1 atom stereocenters. The Morgan fingerprint density at radius 1 is 1.19 bits per heavy atom. The molecule has 0 aliphatic carbocycles. The van der Waals surface area contributed by atoms with Crippen LogP contribution < -0.4 is 10.6 Å². The molecule has 2 aromatic carbocycles. The summed E-state index contributed by atoms with van der Waals surface area (Å²) in [4.78, 5) is 23.1. The minimum atomic E-state index is -0.553. The van der Waals surface area contributed by atoms with E-state index in [4.69, 9.17) is 17.0 Å². The molecule has 27 heavy (non-hydrogen) atoms. The number of benzene rings is 2. The Morgan fingerprint density at radius 3 is 2.48 bits per heavy atom. The Morgan fingerprint density at radius 2 is 1.85 bits per heavy atom. The summed E-state index contributed by atoms with van der Waals surface area (Å²) in [7, 11) is 0. The summed E-state index contributed by atoms with van der Waals surface area (Å²) in [5.74, 6) is -0.484. The van der Waals surface area contributed by atoms with Crippen LogP contribution in [-0.2, 0) is 16.1 Å². The second kappa shape index (κ2) is 7.96. The largest absolute Gasteiger partial charge is 0.457 e. The standard InChI is InChI=1S/C19H17N3O4S/c1-12-16(18(23)26-11-13-5-3-2-4-6-13)17(21-19(27)20-12)14-7-9-15(10-8-14)22(24)25/h2-10,17H,11H2,1H3,(H2,20,21,27). The SMILES string of the molecule is CC1=C(C(=O)OCc2ccccc2)C(c2ccc([N+](=O)[O-])cc2)NC(=S)N1. The van der Waals surface area contributed by atoms with Gasteiger partial charge in [0.15, 0.2) is 5.11 Å². The Labute approximate surface area is 161 Å². The zero-order valence-electron chi connectivity index (χ0n) is 14.5. The maximum atomic E-state index is 12.7. The Kier molecular flexibility index (Phi) is 5.46. The first-order valence-corrected chi connectivity index (χ1v) is 8.60. The van der Waals surface area contributed by atoms with Crippen molar-refractivity contribution in [2.75, 3.05) is 0 Å². The molecule has 0 saturated carbocycles. The van der Waals surface area contributed by atoms with Gasteiger partial charge in [-0.05, 0) is 42.4 Å². The fourth-order valence-electron chi connectivity index (χ4n) is 2.80. The fraction of sp³-hybridized carbons (Fsp3) is 0.158. The number of nitro groups is 1. The van der Waals surface area contributed by atoms with E-state index in [2.05, 4.69) is 10.6 Å². The Balaban J connectivity index is 1.85. The number of rotatable bonds is 5. The molecular formula is C19H17N3O4S. The van der Waals surface area contributed by atoms with Gasteiger partial charge in [-0.1, -0.05) is 30.3 Å². The number of thiocarbonyl (C=S) groups is 1. The van der Waals surface area contributed by atoms with Gasteiger partial charge in [0.05, 0.1) is 16.5 Å². The van der Waals surface area contributed by atoms with Crippen molar-refractivity contribution in [3.8, 4) is 0 Å². The van der Waals surface area contributed by atoms with E-state index >= 15 is 0 Å². The topological polar surface area (TPSA) is 93.5 Å². The van der Waals surface area contributed by atoms with E-state index in [-0.39, 0.29) is 12.3 Å². The van der Waals surface area contributed by atoms with Crippen LogP contribution in [0.2, 0.25) is 0 Å². The lowest BCUT2D eigenvalue weighted by Crippen LogP contribution is -2.45. The van der Waals surface area contributed by atoms with Crippen molar-refractivity contribution in [2.24, 2.45) is 0 Å². The van der Waals surface area contributed by atoms with Crippen molar-refractivity contribution >= 4 is 29.0 Å². The molecule has 0 bridgehead atoms. The molecule has 0 spiro atoms. The van der Waals surface area contributed by atoms with E-state index in [1.165, 1.54) is 12.1 Å². The van der Waals surface area contributed by atoms with Crippen molar-refractivity contribution < 1.29 is 14.5 Å². The number of nitrogens with zero attached hydrogens (tertiary/aromatic N) is 1. The summed E-state index contributed by atoms with van der Waals surface area (Å²) in [6.07, 6.45) is 0. The molecule has 3 rings (SSSR count). The number of hydrogen-bond acceptors (Lipinski definition) is 5. The van der Waals surface area contributed by atoms with Crippen LogP contribution in [0, 0.1) is 10.1 Å². The lowest BCUT2D eigenvalue weighted by Gasteiger charge is -2.29. The first-order chi connectivity index (χ1) is 13.0. The van der Waals surface area contributed by atoms with Crippen LogP contribution in [0.3, 0.4) is 0 Å². The van der Waals surface area contributed by atoms with Crippen LogP contribution >= 0.6 is 12.2 Å². The summed E-state index contributed by atoms with van der Waals surface area (Å²) < 4.78 is 5.46. The highest BCUT2D eigenvalue weighted by Crippen LogP contribution is 2.29. The van der Waals surface area contributed by atoms with Crippen LogP contribution in [0.15, 0.2) is 65.9 Å². The average molecular weight is 383 g/mol. The summed E-state index contributed by atoms with van der Waals surface area (Å²) in [6, 6.07) is 14.8. The number of hydrogen-bond donors (Lipinski definition) is 2. The minimum absolute atomic E-state index is 0.0239. The molecule has 1 heterocycles. The molecule has 0 saturated heterocycles. The normalized spacial score (nSPS) is 16.3. The second-order valence-electron chi connectivity index (χ2n) is 5.98. The zero-order chi connectivity index (χ0) is 19.4. The minimum Gasteiger partial charge on any atom is -0.457 e. The van der Waals surface area contributed by atoms with Gasteiger partial charge in [-0.2, -0.15) is 0 Å². The van der Waals surface area contributed by atoms with Crippen molar-refractivity contribution in [1.82, 2.24) is 10.6 Å². The smallest absolute Gasteiger partial charge is 0.338 e. The molecule has 0 aromatic heterocycles. The van der Waals surface area contributed by atoms with Crippen molar-refractivity contribution in [1.29, 1.82) is 0 Å². The highest BCUT2D eigenvalue weighted by atomic mass is 32.1. The van der Waals surface area contributed by atoms with E-state index < -0.39 is 16.9 Å². The molecule has 0 radical (unpaired) electrons. The van der Waals surface area contributed by atoms with Gasteiger partial charge >= 0.3 is 5.97 Å². The lowest BCUT2D eigenvalue weighted by atomic mass is 9.95. The molecule has 0 amide bonds. The molecule has 8 heteroatoms. The number of esters is 1. The first kappa shape index (κ1) is 18.5. The zero-order valence-corrected chi connectivity index (χ0v) is 15.3. The summed E-state index contributed by atoms with van der Waals surface area (Å²) in [5, 5.41) is 17.2. The van der Waals surface area contributed by atoms with Gasteiger partial charge in [-0.25, -0.2) is 4.79 Å². The van der Waals surface area contributed by atoms with Crippen LogP contribution in [0.1, 0.15) is 24.1 Å². The van der Waals surface area contributed by atoms with Gasteiger partial charge in [0.1, 0.15) is 6.61 Å². The van der Waals surface area contributed by atoms with E-state index in [1.54, 1.807) is 19.1 Å². The maximum Gasteiger partial charge on any atom is 0.338 e. The van der Waals surface area contributed by atoms with Crippen molar-refractivity contribution in [3.63, 3.8) is 0 Å². The molecule has 2 aromatic rings. The molecular weight excluding hydrogens is 366 g/mol. The molecule has 138 valence electrons. The van der Waals surface area contributed by atoms with Crippen LogP contribution in [0.25, 0.3) is 0 Å². The molecule has 0 fully saturated rings. The van der Waals surface area contributed by atoms with E-state index in [1.807, 2.05) is 30.3 Å². The Hall–Kier alpha value is -3.26. The van der Waals surface area contributed by atoms with Gasteiger partial charge in [-0.3, -0.25) is 10.1 Å². The molecule has 1 aliphatic heterocycles. The van der Waals surface area contributed by atoms with Gasteiger partial charge in [0.2, 0.25) is 0 Å². The molecule has 1 unspecified atom stereocenters. The lowest BCUT2D eigenvalue weighted by molar-refractivity contribution is -0.384. The highest BCUT2D eigenvalue weighted by Gasteiger charge is 2.31. The van der Waals surface area contributed by atoms with Crippen molar-refractivity contribution in [3.05, 3.63) is 87.1 Å². The quantitative estimate of drug-likeness (QED) is 0.355. The summed E-state index contributed by atoms with van der Waals surface area (Å²) >= 11 is 5.19. The van der Waals surface area contributed by atoms with E-state index in [0.29, 0.717) is 21.9 Å². The fourth-order valence-corrected chi connectivity index (χ4v) is 3.07. The van der Waals surface area contributed by atoms with Crippen LogP contribution in [-0.4, -0.2) is 16.0 Å². The van der Waals surface area contributed by atoms with Crippen LogP contribution in [0.5, 0.6) is 0 Å². The number of nitrogens with one attached hydrogen (secondary N) is 2. The van der Waals surface area contributed by atoms with Crippen LogP contribution in [0.4, 0.5) is 5.69 Å². The highest BCUT2D eigenvalue weighted by molar-refractivity contribution is 7.80. The Bertz CT molecular complexity index is 910. The van der Waals surface area contributed by atoms with Gasteiger partial charge in [-0.15, -0.1) is 0 Å². The van der Waals surface area contributed by atoms with E-state index in [0.717, 1.165) is 5.56 Å². The number of carbonyl (C=O) groups is 1. The third-order valence-electron chi connectivity index (χ3n) is 4.14. The maximum absolute atomic E-state index is 12.7. The number of nitro benzene ring substituents is 1. The first-order valence-electron chi connectivity index (χ1n) is 8.19. The third kappa shape index (κ3) is 4.29. The monoisotopic (exact) mass is 383 g/mol. The molecule has 7 nitrogen and oxygen atoms in total. The van der Waals surface area contributed by atoms with Crippen molar-refractivity contribution in [2.45, 2.75) is 19.6 Å². The number of allylic oxidation sites excluding steroid dienone is 1.